The van der Waals surface area contributed by atoms with E-state index in [0.717, 1.165) is 18.4 Å². The summed E-state index contributed by atoms with van der Waals surface area (Å²) in [5, 5.41) is 3.23. The Morgan fingerprint density at radius 2 is 1.68 bits per heavy atom. The normalized spacial score (nSPS) is 14.7. The number of methoxy groups -OCH3 is 3. The molecule has 2 aromatic rings. The van der Waals surface area contributed by atoms with Crippen molar-refractivity contribution in [3.05, 3.63) is 36.0 Å². The molecule has 0 aliphatic carbocycles. The fourth-order valence-corrected chi connectivity index (χ4v) is 4.68. The molecule has 1 aliphatic rings. The van der Waals surface area contributed by atoms with Crippen molar-refractivity contribution in [2.75, 3.05) is 39.7 Å². The van der Waals surface area contributed by atoms with E-state index in [1.54, 1.807) is 33.5 Å². The van der Waals surface area contributed by atoms with Gasteiger partial charge in [0.1, 0.15) is 17.6 Å². The number of aromatic amines is 1. The lowest BCUT2D eigenvalue weighted by molar-refractivity contribution is -0.364. The highest BCUT2D eigenvalue weighted by Crippen LogP contribution is 2.38. The van der Waals surface area contributed by atoms with Gasteiger partial charge in [-0.25, -0.2) is 13.4 Å². The molecule has 152 valence electrons. The number of nitrogens with zero attached hydrogens (tertiary/aromatic N) is 1. The zero-order valence-electron chi connectivity index (χ0n) is 16.3. The van der Waals surface area contributed by atoms with Gasteiger partial charge < -0.3 is 14.2 Å². The summed E-state index contributed by atoms with van der Waals surface area (Å²) in [5.74, 6) is 2.40. The third-order valence-corrected chi connectivity index (χ3v) is 6.59. The average Bonchev–Trinajstić information content (AvgIpc) is 3.27. The van der Waals surface area contributed by atoms with Crippen LogP contribution < -0.4 is 24.5 Å². The van der Waals surface area contributed by atoms with Crippen LogP contribution in [0, 0.1) is 0 Å². The van der Waals surface area contributed by atoms with Gasteiger partial charge in [0, 0.05) is 24.7 Å². The van der Waals surface area contributed by atoms with Crippen LogP contribution in [-0.4, -0.2) is 47.1 Å². The molecular formula is C19H26N3O5S+. The first-order chi connectivity index (χ1) is 13.5. The second-order valence-corrected chi connectivity index (χ2v) is 8.37. The van der Waals surface area contributed by atoms with Crippen molar-refractivity contribution in [2.45, 2.75) is 24.3 Å². The molecule has 0 saturated carbocycles. The molecule has 3 rings (SSSR count). The molecule has 0 unspecified atom stereocenters. The maximum atomic E-state index is 12.6. The monoisotopic (exact) mass is 408 g/mol. The van der Waals surface area contributed by atoms with Crippen LogP contribution in [0.25, 0.3) is 0 Å². The van der Waals surface area contributed by atoms with Crippen molar-refractivity contribution >= 4 is 15.8 Å². The largest absolute Gasteiger partial charge is 0.493 e. The van der Waals surface area contributed by atoms with Gasteiger partial charge in [-0.05, 0) is 31.0 Å². The Kier molecular flexibility index (Phi) is 6.25. The minimum atomic E-state index is -3.42. The zero-order valence-corrected chi connectivity index (χ0v) is 17.1. The molecule has 1 aromatic carbocycles. The average molecular weight is 409 g/mol. The molecule has 28 heavy (non-hydrogen) atoms. The fourth-order valence-electron chi connectivity index (χ4n) is 3.19. The van der Waals surface area contributed by atoms with E-state index in [-0.39, 0.29) is 4.90 Å². The molecule has 0 bridgehead atoms. The Hall–Kier alpha value is -2.52. The maximum absolute atomic E-state index is 12.6. The van der Waals surface area contributed by atoms with Crippen LogP contribution in [0.3, 0.4) is 0 Å². The second kappa shape index (κ2) is 8.66. The SMILES string of the molecule is COc1cc(CNc2ccc(S(=O)(=O)N3CCCC3)c[nH+]2)cc(OC)c1OC. The van der Waals surface area contributed by atoms with Crippen molar-refractivity contribution in [1.82, 2.24) is 4.31 Å². The molecule has 0 amide bonds. The lowest BCUT2D eigenvalue weighted by Crippen LogP contribution is -2.29. The van der Waals surface area contributed by atoms with E-state index < -0.39 is 10.0 Å². The van der Waals surface area contributed by atoms with E-state index in [2.05, 4.69) is 10.3 Å². The molecule has 1 fully saturated rings. The van der Waals surface area contributed by atoms with E-state index in [9.17, 15) is 8.42 Å². The fraction of sp³-hybridized carbons (Fsp3) is 0.421. The van der Waals surface area contributed by atoms with Gasteiger partial charge in [-0.15, -0.1) is 0 Å². The molecule has 8 nitrogen and oxygen atoms in total. The van der Waals surface area contributed by atoms with Gasteiger partial charge in [-0.2, -0.15) is 4.31 Å². The zero-order chi connectivity index (χ0) is 20.1. The van der Waals surface area contributed by atoms with Crippen LogP contribution in [0.2, 0.25) is 0 Å². The Morgan fingerprint density at radius 3 is 2.18 bits per heavy atom. The van der Waals surface area contributed by atoms with Crippen LogP contribution in [0.5, 0.6) is 17.2 Å². The topological polar surface area (TPSA) is 91.2 Å². The van der Waals surface area contributed by atoms with E-state index in [4.69, 9.17) is 14.2 Å². The minimum Gasteiger partial charge on any atom is -0.493 e. The number of hydrogen-bond acceptors (Lipinski definition) is 6. The first-order valence-corrected chi connectivity index (χ1v) is 10.5. The number of aromatic nitrogens is 1. The van der Waals surface area contributed by atoms with Gasteiger partial charge in [0.2, 0.25) is 15.8 Å². The number of nitrogens with one attached hydrogen (secondary N) is 2. The quantitative estimate of drug-likeness (QED) is 0.718. The first kappa shape index (κ1) is 20.2. The van der Waals surface area contributed by atoms with E-state index in [1.807, 2.05) is 12.1 Å². The number of benzene rings is 1. The van der Waals surface area contributed by atoms with Crippen LogP contribution >= 0.6 is 0 Å². The summed E-state index contributed by atoms with van der Waals surface area (Å²) in [5.41, 5.74) is 0.927. The van der Waals surface area contributed by atoms with Gasteiger partial charge in [0.15, 0.2) is 11.5 Å². The molecule has 1 saturated heterocycles. The van der Waals surface area contributed by atoms with Gasteiger partial charge in [-0.3, -0.25) is 5.32 Å². The number of anilines is 1. The number of H-pyrrole nitrogens is 1. The number of hydrogen-bond donors (Lipinski definition) is 1. The smallest absolute Gasteiger partial charge is 0.272 e. The summed E-state index contributed by atoms with van der Waals surface area (Å²) in [6, 6.07) is 7.06. The highest BCUT2D eigenvalue weighted by Gasteiger charge is 2.28. The molecule has 0 radical (unpaired) electrons. The second-order valence-electron chi connectivity index (χ2n) is 6.44. The molecule has 0 atom stereocenters. The number of rotatable bonds is 8. The van der Waals surface area contributed by atoms with Crippen LogP contribution in [0.4, 0.5) is 5.82 Å². The van der Waals surface area contributed by atoms with E-state index >= 15 is 0 Å². The summed E-state index contributed by atoms with van der Waals surface area (Å²) in [7, 11) is 1.28. The van der Waals surface area contributed by atoms with Crippen molar-refractivity contribution in [1.29, 1.82) is 0 Å². The highest BCUT2D eigenvalue weighted by molar-refractivity contribution is 7.89. The Labute approximate surface area is 165 Å². The minimum absolute atomic E-state index is 0.271. The van der Waals surface area contributed by atoms with E-state index in [0.29, 0.717) is 42.7 Å². The third kappa shape index (κ3) is 4.15. The summed E-state index contributed by atoms with van der Waals surface area (Å²) in [4.78, 5) is 3.28. The number of ether oxygens (including phenoxy) is 3. The summed E-state index contributed by atoms with van der Waals surface area (Å²) in [6.45, 7) is 1.67. The van der Waals surface area contributed by atoms with Crippen LogP contribution in [0.15, 0.2) is 35.4 Å². The lowest BCUT2D eigenvalue weighted by atomic mass is 10.1. The predicted octanol–water partition coefficient (Wildman–Crippen LogP) is 1.92. The van der Waals surface area contributed by atoms with Crippen LogP contribution in [-0.2, 0) is 16.6 Å². The Morgan fingerprint density at radius 1 is 1.04 bits per heavy atom. The third-order valence-electron chi connectivity index (χ3n) is 4.69. The predicted molar refractivity (Wildman–Crippen MR) is 104 cm³/mol. The molecule has 1 aliphatic heterocycles. The maximum Gasteiger partial charge on any atom is 0.272 e. The van der Waals surface area contributed by atoms with Crippen molar-refractivity contribution in [2.24, 2.45) is 0 Å². The Balaban J connectivity index is 1.71. The molecule has 2 N–H and O–H groups in total. The van der Waals surface area contributed by atoms with Gasteiger partial charge in [-0.1, -0.05) is 0 Å². The molecule has 9 heteroatoms. The molecular weight excluding hydrogens is 382 g/mol. The standard InChI is InChI=1S/C19H25N3O5S/c1-25-16-10-14(11-17(26-2)19(16)27-3)12-20-18-7-6-15(13-21-18)28(23,24)22-8-4-5-9-22/h6-7,10-11,13H,4-5,8-9,12H2,1-3H3,(H,20,21)/p+1. The van der Waals surface area contributed by atoms with Gasteiger partial charge in [0.25, 0.3) is 5.82 Å². The molecule has 0 spiro atoms. The molecule has 2 heterocycles. The highest BCUT2D eigenvalue weighted by atomic mass is 32.2. The lowest BCUT2D eigenvalue weighted by Gasteiger charge is -2.14. The first-order valence-electron chi connectivity index (χ1n) is 9.04. The Bertz CT molecular complexity index is 885. The number of pyridine rings is 1. The van der Waals surface area contributed by atoms with Crippen molar-refractivity contribution in [3.63, 3.8) is 0 Å². The summed E-state index contributed by atoms with van der Waals surface area (Å²) < 4.78 is 42.7. The number of sulfonamides is 1. The summed E-state index contributed by atoms with van der Waals surface area (Å²) in [6.07, 6.45) is 3.35. The summed E-state index contributed by atoms with van der Waals surface area (Å²) >= 11 is 0. The van der Waals surface area contributed by atoms with Crippen LogP contribution in [0.1, 0.15) is 18.4 Å². The van der Waals surface area contributed by atoms with E-state index in [1.165, 1.54) is 10.5 Å². The van der Waals surface area contributed by atoms with Gasteiger partial charge in [0.05, 0.1) is 21.3 Å². The molecule has 1 aromatic heterocycles. The van der Waals surface area contributed by atoms with Crippen molar-refractivity contribution < 1.29 is 27.6 Å². The van der Waals surface area contributed by atoms with Gasteiger partial charge >= 0.3 is 0 Å². The van der Waals surface area contributed by atoms with Crippen molar-refractivity contribution in [3.8, 4) is 17.2 Å².